The van der Waals surface area contributed by atoms with Gasteiger partial charge < -0.3 is 14.7 Å². The first-order valence-electron chi connectivity index (χ1n) is 6.56. The summed E-state index contributed by atoms with van der Waals surface area (Å²) in [5.41, 5.74) is 0. The van der Waals surface area contributed by atoms with Crippen LogP contribution in [0.1, 0.15) is 6.42 Å². The summed E-state index contributed by atoms with van der Waals surface area (Å²) in [7, 11) is 0. The maximum atomic E-state index is 11.9. The number of carboxylic acid groups (broad SMARTS) is 1. The molecule has 0 spiro atoms. The highest BCUT2D eigenvalue weighted by Crippen LogP contribution is 2.18. The van der Waals surface area contributed by atoms with Crippen LogP contribution >= 0.6 is 11.8 Å². The standard InChI is InChI=1S/C12H20N2O4S/c15-11(8-19-9-12(16)17)14-2-1-10(7-14)13-3-5-18-6-4-13/h10H,1-9H2,(H,16,17). The van der Waals surface area contributed by atoms with Gasteiger partial charge in [-0.05, 0) is 6.42 Å². The van der Waals surface area contributed by atoms with Crippen LogP contribution in [0.25, 0.3) is 0 Å². The Labute approximate surface area is 117 Å². The topological polar surface area (TPSA) is 70.1 Å². The van der Waals surface area contributed by atoms with Crippen LogP contribution in [-0.4, -0.2) is 83.7 Å². The molecule has 0 aliphatic carbocycles. The molecule has 2 saturated heterocycles. The van der Waals surface area contributed by atoms with E-state index in [2.05, 4.69) is 4.90 Å². The minimum Gasteiger partial charge on any atom is -0.481 e. The summed E-state index contributed by atoms with van der Waals surface area (Å²) in [6, 6.07) is 0.442. The summed E-state index contributed by atoms with van der Waals surface area (Å²) in [4.78, 5) is 26.6. The number of thioether (sulfide) groups is 1. The number of rotatable bonds is 5. The van der Waals surface area contributed by atoms with Crippen molar-refractivity contribution in [1.29, 1.82) is 0 Å². The number of carboxylic acids is 1. The summed E-state index contributed by atoms with van der Waals surface area (Å²) in [5.74, 6) is -0.554. The Hall–Kier alpha value is -0.790. The number of likely N-dealkylation sites (tertiary alicyclic amines) is 1. The van der Waals surface area contributed by atoms with Gasteiger partial charge in [-0.2, -0.15) is 0 Å². The van der Waals surface area contributed by atoms with E-state index < -0.39 is 5.97 Å². The number of amides is 1. The molecule has 1 amide bonds. The van der Waals surface area contributed by atoms with E-state index in [9.17, 15) is 9.59 Å². The molecule has 0 bridgehead atoms. The van der Waals surface area contributed by atoms with E-state index in [4.69, 9.17) is 9.84 Å². The van der Waals surface area contributed by atoms with Crippen molar-refractivity contribution in [2.24, 2.45) is 0 Å². The van der Waals surface area contributed by atoms with E-state index in [-0.39, 0.29) is 17.4 Å². The van der Waals surface area contributed by atoms with Crippen molar-refractivity contribution in [3.63, 3.8) is 0 Å². The van der Waals surface area contributed by atoms with Gasteiger partial charge in [0.05, 0.1) is 24.7 Å². The van der Waals surface area contributed by atoms with Gasteiger partial charge in [-0.15, -0.1) is 11.8 Å². The third-order valence-corrected chi connectivity index (χ3v) is 4.43. The van der Waals surface area contributed by atoms with E-state index >= 15 is 0 Å². The molecular weight excluding hydrogens is 268 g/mol. The van der Waals surface area contributed by atoms with Gasteiger partial charge in [0.2, 0.25) is 5.91 Å². The number of aliphatic carboxylic acids is 1. The van der Waals surface area contributed by atoms with Gasteiger partial charge in [0, 0.05) is 32.2 Å². The fourth-order valence-corrected chi connectivity index (χ4v) is 3.16. The minimum atomic E-state index is -0.870. The number of hydrogen-bond donors (Lipinski definition) is 1. The van der Waals surface area contributed by atoms with Crippen molar-refractivity contribution in [3.8, 4) is 0 Å². The van der Waals surface area contributed by atoms with E-state index in [1.54, 1.807) is 0 Å². The molecule has 1 unspecified atom stereocenters. The first kappa shape index (κ1) is 14.6. The van der Waals surface area contributed by atoms with Crippen molar-refractivity contribution < 1.29 is 19.4 Å². The second-order valence-corrected chi connectivity index (χ2v) is 5.80. The lowest BCUT2D eigenvalue weighted by molar-refractivity contribution is -0.133. The number of hydrogen-bond acceptors (Lipinski definition) is 5. The van der Waals surface area contributed by atoms with Crippen molar-refractivity contribution in [3.05, 3.63) is 0 Å². The zero-order chi connectivity index (χ0) is 13.7. The Balaban J connectivity index is 1.71. The summed E-state index contributed by atoms with van der Waals surface area (Å²) in [5, 5.41) is 8.54. The van der Waals surface area contributed by atoms with Crippen molar-refractivity contribution in [1.82, 2.24) is 9.80 Å². The molecule has 2 fully saturated rings. The van der Waals surface area contributed by atoms with Gasteiger partial charge in [0.15, 0.2) is 0 Å². The molecule has 0 aromatic heterocycles. The van der Waals surface area contributed by atoms with Crippen LogP contribution in [0.5, 0.6) is 0 Å². The Morgan fingerprint density at radius 2 is 1.95 bits per heavy atom. The lowest BCUT2D eigenvalue weighted by atomic mass is 10.2. The van der Waals surface area contributed by atoms with E-state index in [0.29, 0.717) is 6.04 Å². The minimum absolute atomic E-state index is 0.00747. The summed E-state index contributed by atoms with van der Waals surface area (Å²) in [6.45, 7) is 5.00. The number of carbonyl (C=O) groups is 2. The first-order chi connectivity index (χ1) is 9.16. The third-order valence-electron chi connectivity index (χ3n) is 3.53. The van der Waals surface area contributed by atoms with Crippen LogP contribution in [0.4, 0.5) is 0 Å². The van der Waals surface area contributed by atoms with Crippen molar-refractivity contribution >= 4 is 23.6 Å². The molecule has 2 heterocycles. The van der Waals surface area contributed by atoms with E-state index in [1.165, 1.54) is 11.8 Å². The summed E-state index contributed by atoms with van der Waals surface area (Å²) < 4.78 is 5.33. The normalized spacial score (nSPS) is 24.6. The molecule has 0 aromatic carbocycles. The average Bonchev–Trinajstić information content (AvgIpc) is 2.89. The Kier molecular flexibility index (Phi) is 5.47. The van der Waals surface area contributed by atoms with Crippen LogP contribution in [-0.2, 0) is 14.3 Å². The highest BCUT2D eigenvalue weighted by atomic mass is 32.2. The molecule has 2 aliphatic rings. The highest BCUT2D eigenvalue weighted by Gasteiger charge is 2.30. The van der Waals surface area contributed by atoms with Crippen LogP contribution in [0, 0.1) is 0 Å². The van der Waals surface area contributed by atoms with Gasteiger partial charge in [-0.3, -0.25) is 14.5 Å². The van der Waals surface area contributed by atoms with E-state index in [1.807, 2.05) is 4.90 Å². The quantitative estimate of drug-likeness (QED) is 0.751. The Morgan fingerprint density at radius 1 is 1.21 bits per heavy atom. The molecule has 19 heavy (non-hydrogen) atoms. The molecule has 2 rings (SSSR count). The predicted molar refractivity (Wildman–Crippen MR) is 72.3 cm³/mol. The molecule has 6 nitrogen and oxygen atoms in total. The zero-order valence-electron chi connectivity index (χ0n) is 10.9. The molecule has 0 saturated carbocycles. The summed E-state index contributed by atoms with van der Waals surface area (Å²) >= 11 is 1.17. The van der Waals surface area contributed by atoms with Crippen LogP contribution in [0.2, 0.25) is 0 Å². The largest absolute Gasteiger partial charge is 0.481 e. The molecule has 1 atom stereocenters. The molecule has 7 heteroatoms. The molecule has 0 aromatic rings. The van der Waals surface area contributed by atoms with Gasteiger partial charge in [-0.25, -0.2) is 0 Å². The van der Waals surface area contributed by atoms with Crippen LogP contribution in [0.15, 0.2) is 0 Å². The number of nitrogens with zero attached hydrogens (tertiary/aromatic N) is 2. The van der Waals surface area contributed by atoms with Gasteiger partial charge in [0.1, 0.15) is 0 Å². The van der Waals surface area contributed by atoms with Gasteiger partial charge in [-0.1, -0.05) is 0 Å². The Bertz CT molecular complexity index is 334. The molecule has 1 N–H and O–H groups in total. The highest BCUT2D eigenvalue weighted by molar-refractivity contribution is 8.00. The maximum absolute atomic E-state index is 11.9. The van der Waals surface area contributed by atoms with Crippen molar-refractivity contribution in [2.75, 3.05) is 50.9 Å². The number of ether oxygens (including phenoxy) is 1. The zero-order valence-corrected chi connectivity index (χ0v) is 11.7. The first-order valence-corrected chi connectivity index (χ1v) is 7.71. The van der Waals surface area contributed by atoms with Gasteiger partial charge in [0.25, 0.3) is 0 Å². The number of morpholine rings is 1. The predicted octanol–water partition coefficient (Wildman–Crippen LogP) is -0.263. The maximum Gasteiger partial charge on any atom is 0.313 e. The van der Waals surface area contributed by atoms with Crippen molar-refractivity contribution in [2.45, 2.75) is 12.5 Å². The lowest BCUT2D eigenvalue weighted by Gasteiger charge is -2.32. The fraction of sp³-hybridized carbons (Fsp3) is 0.833. The Morgan fingerprint density at radius 3 is 2.63 bits per heavy atom. The lowest BCUT2D eigenvalue weighted by Crippen LogP contribution is -2.45. The molecule has 108 valence electrons. The third kappa shape index (κ3) is 4.36. The second-order valence-electron chi connectivity index (χ2n) is 4.82. The SMILES string of the molecule is O=C(O)CSCC(=O)N1CCC(N2CCOCC2)C1. The summed E-state index contributed by atoms with van der Waals surface area (Å²) in [6.07, 6.45) is 1.01. The second kappa shape index (κ2) is 7.12. The monoisotopic (exact) mass is 288 g/mol. The fourth-order valence-electron chi connectivity index (χ4n) is 2.53. The average molecular weight is 288 g/mol. The molecule has 2 aliphatic heterocycles. The number of carbonyl (C=O) groups excluding carboxylic acids is 1. The molecular formula is C12H20N2O4S. The van der Waals surface area contributed by atoms with Crippen LogP contribution < -0.4 is 0 Å². The smallest absolute Gasteiger partial charge is 0.313 e. The van der Waals surface area contributed by atoms with Gasteiger partial charge >= 0.3 is 5.97 Å². The van der Waals surface area contributed by atoms with E-state index in [0.717, 1.165) is 45.8 Å². The molecule has 0 radical (unpaired) electrons. The van der Waals surface area contributed by atoms with Crippen LogP contribution in [0.3, 0.4) is 0 Å².